The van der Waals surface area contributed by atoms with Gasteiger partial charge in [0, 0.05) is 29.6 Å². The van der Waals surface area contributed by atoms with E-state index >= 15 is 0 Å². The number of hydrogen-bond donors (Lipinski definition) is 1. The summed E-state index contributed by atoms with van der Waals surface area (Å²) in [5.74, 6) is -1.08. The fourth-order valence-corrected chi connectivity index (χ4v) is 2.12. The van der Waals surface area contributed by atoms with E-state index < -0.39 is 11.6 Å². The molecule has 0 saturated heterocycles. The maximum Gasteiger partial charge on any atom is 0.130 e. The highest BCUT2D eigenvalue weighted by Gasteiger charge is 2.08. The van der Waals surface area contributed by atoms with Gasteiger partial charge in [0.1, 0.15) is 11.6 Å². The fourth-order valence-electron chi connectivity index (χ4n) is 1.47. The van der Waals surface area contributed by atoms with Crippen LogP contribution < -0.4 is 5.32 Å². The average molecular weight is 254 g/mol. The lowest BCUT2D eigenvalue weighted by Crippen LogP contribution is -2.19. The molecular formula is C12H12F2N2S. The SMILES string of the molecule is CC(NCc1ccc(F)cc1F)c1cscn1. The summed E-state index contributed by atoms with van der Waals surface area (Å²) in [6, 6.07) is 3.65. The third-order valence-corrected chi connectivity index (χ3v) is 3.11. The van der Waals surface area contributed by atoms with E-state index in [4.69, 9.17) is 0 Å². The number of benzene rings is 1. The van der Waals surface area contributed by atoms with Crippen LogP contribution in [0.3, 0.4) is 0 Å². The van der Waals surface area contributed by atoms with Gasteiger partial charge < -0.3 is 5.32 Å². The monoisotopic (exact) mass is 254 g/mol. The normalized spacial score (nSPS) is 12.6. The number of rotatable bonds is 4. The lowest BCUT2D eigenvalue weighted by molar-refractivity contribution is 0.529. The van der Waals surface area contributed by atoms with Crippen LogP contribution in [0, 0.1) is 11.6 Å². The van der Waals surface area contributed by atoms with Crippen molar-refractivity contribution < 1.29 is 8.78 Å². The summed E-state index contributed by atoms with van der Waals surface area (Å²) in [7, 11) is 0. The maximum absolute atomic E-state index is 13.3. The number of hydrogen-bond acceptors (Lipinski definition) is 3. The smallest absolute Gasteiger partial charge is 0.130 e. The molecule has 1 heterocycles. The molecule has 0 fully saturated rings. The van der Waals surface area contributed by atoms with Gasteiger partial charge in [-0.3, -0.25) is 0 Å². The highest BCUT2D eigenvalue weighted by molar-refractivity contribution is 7.07. The molecule has 17 heavy (non-hydrogen) atoms. The van der Waals surface area contributed by atoms with E-state index in [-0.39, 0.29) is 6.04 Å². The summed E-state index contributed by atoms with van der Waals surface area (Å²) in [5.41, 5.74) is 3.14. The van der Waals surface area contributed by atoms with E-state index in [1.165, 1.54) is 23.5 Å². The number of nitrogens with zero attached hydrogens (tertiary/aromatic N) is 1. The van der Waals surface area contributed by atoms with E-state index in [9.17, 15) is 8.78 Å². The van der Waals surface area contributed by atoms with Gasteiger partial charge in [0.05, 0.1) is 11.2 Å². The molecule has 90 valence electrons. The molecule has 1 aromatic heterocycles. The first-order valence-electron chi connectivity index (χ1n) is 5.22. The molecule has 0 aliphatic rings. The first kappa shape index (κ1) is 12.1. The van der Waals surface area contributed by atoms with Crippen molar-refractivity contribution in [1.29, 1.82) is 0 Å². The van der Waals surface area contributed by atoms with Crippen molar-refractivity contribution >= 4 is 11.3 Å². The molecule has 1 N–H and O–H groups in total. The minimum Gasteiger partial charge on any atom is -0.305 e. The molecular weight excluding hydrogens is 242 g/mol. The fraction of sp³-hybridized carbons (Fsp3) is 0.250. The molecule has 0 spiro atoms. The van der Waals surface area contributed by atoms with Crippen molar-refractivity contribution in [3.63, 3.8) is 0 Å². The van der Waals surface area contributed by atoms with Crippen LogP contribution >= 0.6 is 11.3 Å². The summed E-state index contributed by atoms with van der Waals surface area (Å²) >= 11 is 1.52. The van der Waals surface area contributed by atoms with Crippen LogP contribution in [-0.4, -0.2) is 4.98 Å². The zero-order chi connectivity index (χ0) is 12.3. The van der Waals surface area contributed by atoms with Gasteiger partial charge in [-0.15, -0.1) is 11.3 Å². The molecule has 0 amide bonds. The van der Waals surface area contributed by atoms with Crippen LogP contribution in [0.2, 0.25) is 0 Å². The molecule has 2 aromatic rings. The Kier molecular flexibility index (Phi) is 3.81. The standard InChI is InChI=1S/C12H12F2N2S/c1-8(12-6-17-7-16-12)15-5-9-2-3-10(13)4-11(9)14/h2-4,6-8,15H,5H2,1H3. The molecule has 1 atom stereocenters. The van der Waals surface area contributed by atoms with Crippen molar-refractivity contribution in [2.24, 2.45) is 0 Å². The predicted molar refractivity (Wildman–Crippen MR) is 63.7 cm³/mol. The van der Waals surface area contributed by atoms with E-state index in [2.05, 4.69) is 10.3 Å². The predicted octanol–water partition coefficient (Wildman–Crippen LogP) is 3.27. The first-order valence-corrected chi connectivity index (χ1v) is 6.16. The van der Waals surface area contributed by atoms with Gasteiger partial charge >= 0.3 is 0 Å². The van der Waals surface area contributed by atoms with E-state index in [1.54, 1.807) is 5.51 Å². The van der Waals surface area contributed by atoms with Crippen molar-refractivity contribution in [3.8, 4) is 0 Å². The van der Waals surface area contributed by atoms with Crippen LogP contribution in [0.1, 0.15) is 24.2 Å². The third kappa shape index (κ3) is 3.08. The molecule has 2 rings (SSSR count). The second kappa shape index (κ2) is 5.33. The van der Waals surface area contributed by atoms with Crippen LogP contribution in [0.25, 0.3) is 0 Å². The summed E-state index contributed by atoms with van der Waals surface area (Å²) in [5, 5.41) is 5.09. The van der Waals surface area contributed by atoms with Crippen molar-refractivity contribution in [3.05, 3.63) is 52.0 Å². The van der Waals surface area contributed by atoms with E-state index in [0.717, 1.165) is 11.8 Å². The van der Waals surface area contributed by atoms with Gasteiger partial charge in [-0.25, -0.2) is 13.8 Å². The lowest BCUT2D eigenvalue weighted by atomic mass is 10.2. The molecule has 0 bridgehead atoms. The Morgan fingerprint density at radius 2 is 2.24 bits per heavy atom. The van der Waals surface area contributed by atoms with Gasteiger partial charge in [0.15, 0.2) is 0 Å². The molecule has 1 unspecified atom stereocenters. The average Bonchev–Trinajstić information content (AvgIpc) is 2.81. The Bertz CT molecular complexity index is 485. The van der Waals surface area contributed by atoms with Crippen LogP contribution in [-0.2, 0) is 6.54 Å². The Labute approximate surface area is 102 Å². The lowest BCUT2D eigenvalue weighted by Gasteiger charge is -2.11. The molecule has 5 heteroatoms. The van der Waals surface area contributed by atoms with E-state index in [1.807, 2.05) is 12.3 Å². The Balaban J connectivity index is 1.98. The van der Waals surface area contributed by atoms with Gasteiger partial charge in [0.25, 0.3) is 0 Å². The van der Waals surface area contributed by atoms with Crippen molar-refractivity contribution in [2.45, 2.75) is 19.5 Å². The first-order chi connectivity index (χ1) is 8.16. The Morgan fingerprint density at radius 1 is 1.41 bits per heavy atom. The van der Waals surface area contributed by atoms with Crippen LogP contribution in [0.4, 0.5) is 8.78 Å². The largest absolute Gasteiger partial charge is 0.305 e. The summed E-state index contributed by atoms with van der Waals surface area (Å²) in [6.45, 7) is 2.31. The van der Waals surface area contributed by atoms with Gasteiger partial charge in [-0.1, -0.05) is 6.07 Å². The molecule has 0 saturated carbocycles. The van der Waals surface area contributed by atoms with Crippen LogP contribution in [0.15, 0.2) is 29.1 Å². The number of aromatic nitrogens is 1. The Morgan fingerprint density at radius 3 is 2.88 bits per heavy atom. The summed E-state index contributed by atoms with van der Waals surface area (Å²) in [6.07, 6.45) is 0. The summed E-state index contributed by atoms with van der Waals surface area (Å²) < 4.78 is 26.1. The third-order valence-electron chi connectivity index (χ3n) is 2.51. The minimum absolute atomic E-state index is 0.0469. The molecule has 2 nitrogen and oxygen atoms in total. The van der Waals surface area contributed by atoms with Crippen LogP contribution in [0.5, 0.6) is 0 Å². The van der Waals surface area contributed by atoms with Gasteiger partial charge in [-0.05, 0) is 13.0 Å². The highest BCUT2D eigenvalue weighted by Crippen LogP contribution is 2.14. The number of halogens is 2. The summed E-state index contributed by atoms with van der Waals surface area (Å²) in [4.78, 5) is 4.17. The van der Waals surface area contributed by atoms with Crippen molar-refractivity contribution in [2.75, 3.05) is 0 Å². The quantitative estimate of drug-likeness (QED) is 0.905. The molecule has 1 aromatic carbocycles. The Hall–Kier alpha value is -1.33. The minimum atomic E-state index is -0.557. The van der Waals surface area contributed by atoms with Gasteiger partial charge in [0.2, 0.25) is 0 Å². The zero-order valence-electron chi connectivity index (χ0n) is 9.28. The number of nitrogens with one attached hydrogen (secondary N) is 1. The molecule has 0 aliphatic carbocycles. The highest BCUT2D eigenvalue weighted by atomic mass is 32.1. The number of thiazole rings is 1. The topological polar surface area (TPSA) is 24.9 Å². The molecule has 0 aliphatic heterocycles. The van der Waals surface area contributed by atoms with E-state index in [0.29, 0.717) is 12.1 Å². The molecule has 0 radical (unpaired) electrons. The second-order valence-corrected chi connectivity index (χ2v) is 4.47. The van der Waals surface area contributed by atoms with Crippen molar-refractivity contribution in [1.82, 2.24) is 10.3 Å². The second-order valence-electron chi connectivity index (χ2n) is 3.75. The maximum atomic E-state index is 13.3. The zero-order valence-corrected chi connectivity index (χ0v) is 10.1. The van der Waals surface area contributed by atoms with Gasteiger partial charge in [-0.2, -0.15) is 0 Å².